The molecular formula is C26H27NO4. The topological polar surface area (TPSA) is 51.9 Å². The summed E-state index contributed by atoms with van der Waals surface area (Å²) in [6, 6.07) is 13.8. The number of nitrogens with zero attached hydrogens (tertiary/aromatic N) is 1. The fourth-order valence-corrected chi connectivity index (χ4v) is 4.35. The van der Waals surface area contributed by atoms with Crippen molar-refractivity contribution in [2.24, 2.45) is 0 Å². The van der Waals surface area contributed by atoms with Gasteiger partial charge in [0.2, 0.25) is 0 Å². The van der Waals surface area contributed by atoms with Crippen molar-refractivity contribution in [2.75, 3.05) is 39.5 Å². The van der Waals surface area contributed by atoms with Crippen LogP contribution < -0.4 is 10.2 Å². The Morgan fingerprint density at radius 1 is 1.10 bits per heavy atom. The van der Waals surface area contributed by atoms with Crippen LogP contribution in [0.2, 0.25) is 0 Å². The molecule has 5 rings (SSSR count). The number of fused-ring (bicyclic) bond motifs is 2. The molecule has 0 saturated carbocycles. The largest absolute Gasteiger partial charge is 0.492 e. The summed E-state index contributed by atoms with van der Waals surface area (Å²) < 4.78 is 17.6. The van der Waals surface area contributed by atoms with E-state index in [1.54, 1.807) is 0 Å². The second-order valence-electron chi connectivity index (χ2n) is 8.23. The van der Waals surface area contributed by atoms with E-state index in [1.807, 2.05) is 30.3 Å². The molecule has 1 aromatic heterocycles. The highest BCUT2D eigenvalue weighted by atomic mass is 16.5. The van der Waals surface area contributed by atoms with Crippen LogP contribution in [0, 0.1) is 6.92 Å². The predicted octanol–water partition coefficient (Wildman–Crippen LogP) is 4.30. The average molecular weight is 418 g/mol. The molecule has 0 radical (unpaired) electrons. The Labute approximate surface area is 181 Å². The molecule has 5 heteroatoms. The van der Waals surface area contributed by atoms with Gasteiger partial charge in [0, 0.05) is 31.3 Å². The van der Waals surface area contributed by atoms with E-state index in [-0.39, 0.29) is 5.43 Å². The van der Waals surface area contributed by atoms with Crippen LogP contribution in [0.4, 0.5) is 0 Å². The number of aryl methyl sites for hydroxylation is 1. The number of rotatable bonds is 5. The third-order valence-corrected chi connectivity index (χ3v) is 6.19. The summed E-state index contributed by atoms with van der Waals surface area (Å²) in [5.41, 5.74) is 4.90. The molecule has 1 aliphatic carbocycles. The maximum atomic E-state index is 13.1. The third-order valence-electron chi connectivity index (χ3n) is 6.19. The Bertz CT molecular complexity index is 1190. The van der Waals surface area contributed by atoms with Gasteiger partial charge in [-0.3, -0.25) is 9.69 Å². The highest BCUT2D eigenvalue weighted by molar-refractivity contribution is 5.87. The lowest BCUT2D eigenvalue weighted by molar-refractivity contribution is 0.0322. The van der Waals surface area contributed by atoms with E-state index in [2.05, 4.69) is 30.0 Å². The zero-order valence-electron chi connectivity index (χ0n) is 17.9. The first-order valence-electron chi connectivity index (χ1n) is 11.0. The Morgan fingerprint density at radius 2 is 1.94 bits per heavy atom. The van der Waals surface area contributed by atoms with E-state index in [0.29, 0.717) is 17.6 Å². The number of benzene rings is 2. The standard InChI is InChI=1S/C26H27NO4/c1-18-4-2-3-5-19(18)16-20-6-8-23-25(28)22-9-7-21(17-24(22)31-26(20)23)30-15-12-27-10-13-29-14-11-27/h2-5,7,9,16-17H,6,8,10-15H2,1H3. The van der Waals surface area contributed by atoms with Gasteiger partial charge in [-0.25, -0.2) is 0 Å². The summed E-state index contributed by atoms with van der Waals surface area (Å²) in [6.07, 6.45) is 3.70. The quantitative estimate of drug-likeness (QED) is 0.620. The average Bonchev–Trinajstić information content (AvgIpc) is 3.19. The minimum Gasteiger partial charge on any atom is -0.492 e. The molecule has 3 aromatic rings. The number of hydrogen-bond acceptors (Lipinski definition) is 5. The lowest BCUT2D eigenvalue weighted by Crippen LogP contribution is -2.38. The van der Waals surface area contributed by atoms with Crippen LogP contribution >= 0.6 is 0 Å². The van der Waals surface area contributed by atoms with Gasteiger partial charge in [0.1, 0.15) is 23.7 Å². The van der Waals surface area contributed by atoms with Crippen molar-refractivity contribution in [3.63, 3.8) is 0 Å². The highest BCUT2D eigenvalue weighted by Crippen LogP contribution is 2.35. The van der Waals surface area contributed by atoms with Crippen molar-refractivity contribution < 1.29 is 13.9 Å². The molecule has 0 amide bonds. The highest BCUT2D eigenvalue weighted by Gasteiger charge is 2.24. The van der Waals surface area contributed by atoms with Gasteiger partial charge in [-0.15, -0.1) is 0 Å². The third kappa shape index (κ3) is 4.16. The van der Waals surface area contributed by atoms with E-state index < -0.39 is 0 Å². The zero-order chi connectivity index (χ0) is 21.2. The smallest absolute Gasteiger partial charge is 0.196 e. The van der Waals surface area contributed by atoms with Crippen molar-refractivity contribution in [1.82, 2.24) is 4.90 Å². The molecule has 0 spiro atoms. The maximum Gasteiger partial charge on any atom is 0.196 e. The Balaban J connectivity index is 1.41. The molecule has 2 aliphatic rings. The zero-order valence-corrected chi connectivity index (χ0v) is 17.9. The van der Waals surface area contributed by atoms with E-state index >= 15 is 0 Å². The van der Waals surface area contributed by atoms with Crippen molar-refractivity contribution >= 4 is 22.6 Å². The summed E-state index contributed by atoms with van der Waals surface area (Å²) in [7, 11) is 0. The van der Waals surface area contributed by atoms with Crippen LogP contribution in [-0.2, 0) is 11.2 Å². The lowest BCUT2D eigenvalue weighted by atomic mass is 10.0. The van der Waals surface area contributed by atoms with Crippen molar-refractivity contribution in [3.8, 4) is 5.75 Å². The normalized spacial score (nSPS) is 17.9. The van der Waals surface area contributed by atoms with Gasteiger partial charge in [-0.2, -0.15) is 0 Å². The fourth-order valence-electron chi connectivity index (χ4n) is 4.35. The van der Waals surface area contributed by atoms with Gasteiger partial charge in [-0.05, 0) is 54.7 Å². The van der Waals surface area contributed by atoms with Crippen molar-refractivity contribution in [3.05, 3.63) is 75.1 Å². The Hall–Kier alpha value is -2.89. The monoisotopic (exact) mass is 417 g/mol. The molecule has 2 heterocycles. The van der Waals surface area contributed by atoms with Crippen molar-refractivity contribution in [2.45, 2.75) is 19.8 Å². The van der Waals surface area contributed by atoms with E-state index in [9.17, 15) is 4.79 Å². The molecule has 1 fully saturated rings. The summed E-state index contributed by atoms with van der Waals surface area (Å²) in [6.45, 7) is 7.00. The first-order chi connectivity index (χ1) is 15.2. The SMILES string of the molecule is Cc1ccccc1C=C1CCc2c1oc1cc(OCCN3CCOCC3)ccc1c2=O. The summed E-state index contributed by atoms with van der Waals surface area (Å²) >= 11 is 0. The van der Waals surface area contributed by atoms with Crippen LogP contribution in [0.3, 0.4) is 0 Å². The predicted molar refractivity (Wildman–Crippen MR) is 123 cm³/mol. The van der Waals surface area contributed by atoms with Crippen molar-refractivity contribution in [1.29, 1.82) is 0 Å². The molecule has 2 aromatic carbocycles. The molecule has 5 nitrogen and oxygen atoms in total. The molecule has 0 unspecified atom stereocenters. The summed E-state index contributed by atoms with van der Waals surface area (Å²) in [5.74, 6) is 1.46. The minimum atomic E-state index is 0.0734. The van der Waals surface area contributed by atoms with Crippen LogP contribution in [0.25, 0.3) is 22.6 Å². The number of morpholine rings is 1. The minimum absolute atomic E-state index is 0.0734. The molecule has 31 heavy (non-hydrogen) atoms. The second-order valence-corrected chi connectivity index (χ2v) is 8.23. The van der Waals surface area contributed by atoms with Crippen LogP contribution in [0.15, 0.2) is 51.7 Å². The van der Waals surface area contributed by atoms with Gasteiger partial charge in [-0.1, -0.05) is 24.3 Å². The molecule has 1 aliphatic heterocycles. The van der Waals surface area contributed by atoms with Crippen LogP contribution in [0.5, 0.6) is 5.75 Å². The van der Waals surface area contributed by atoms with Gasteiger partial charge < -0.3 is 13.9 Å². The van der Waals surface area contributed by atoms with Gasteiger partial charge in [0.25, 0.3) is 0 Å². The molecule has 160 valence electrons. The summed E-state index contributed by atoms with van der Waals surface area (Å²) in [5, 5.41) is 0.622. The Morgan fingerprint density at radius 3 is 2.77 bits per heavy atom. The van der Waals surface area contributed by atoms with Gasteiger partial charge in [0.05, 0.1) is 18.6 Å². The van der Waals surface area contributed by atoms with E-state index in [1.165, 1.54) is 5.56 Å². The maximum absolute atomic E-state index is 13.1. The first-order valence-corrected chi connectivity index (χ1v) is 11.0. The molecule has 0 N–H and O–H groups in total. The van der Waals surface area contributed by atoms with Crippen LogP contribution in [-0.4, -0.2) is 44.4 Å². The number of hydrogen-bond donors (Lipinski definition) is 0. The number of allylic oxidation sites excluding steroid dienone is 1. The van der Waals surface area contributed by atoms with E-state index in [0.717, 1.165) is 73.9 Å². The first kappa shape index (κ1) is 20.0. The van der Waals surface area contributed by atoms with E-state index in [4.69, 9.17) is 13.9 Å². The molecule has 1 saturated heterocycles. The van der Waals surface area contributed by atoms with Crippen LogP contribution in [0.1, 0.15) is 28.9 Å². The lowest BCUT2D eigenvalue weighted by Gasteiger charge is -2.26. The second kappa shape index (κ2) is 8.69. The summed E-state index contributed by atoms with van der Waals surface area (Å²) in [4.78, 5) is 15.4. The fraction of sp³-hybridized carbons (Fsp3) is 0.346. The molecule has 0 atom stereocenters. The molecule has 0 bridgehead atoms. The Kier molecular flexibility index (Phi) is 5.62. The number of ether oxygens (including phenoxy) is 2. The van der Waals surface area contributed by atoms with Gasteiger partial charge >= 0.3 is 0 Å². The molecular weight excluding hydrogens is 390 g/mol. The van der Waals surface area contributed by atoms with Gasteiger partial charge in [0.15, 0.2) is 5.43 Å².